The molecule has 7 N–H and O–H groups in total. The van der Waals surface area contributed by atoms with E-state index in [1.165, 1.54) is 0 Å². The van der Waals surface area contributed by atoms with Gasteiger partial charge in [0.2, 0.25) is 0 Å². The Morgan fingerprint density at radius 2 is 0.600 bits per heavy atom. The molecular weight excluding hydrogens is 875 g/mol. The van der Waals surface area contributed by atoms with Crippen molar-refractivity contribution in [2.45, 2.75) is 104 Å². The van der Waals surface area contributed by atoms with Crippen molar-refractivity contribution in [1.29, 1.82) is 0 Å². The highest BCUT2D eigenvalue weighted by Gasteiger charge is 2.39. The second kappa shape index (κ2) is 27.7. The lowest BCUT2D eigenvalue weighted by Crippen LogP contribution is -2.62. The van der Waals surface area contributed by atoms with E-state index in [0.717, 1.165) is 0 Å². The van der Waals surface area contributed by atoms with Crippen LogP contribution >= 0.6 is 7.14 Å². The molecule has 0 unspecified atom stereocenters. The van der Waals surface area contributed by atoms with Crippen molar-refractivity contribution < 1.29 is 73.9 Å². The summed E-state index contributed by atoms with van der Waals surface area (Å²) in [7, 11) is -2.35. The fourth-order valence-corrected chi connectivity index (χ4v) is 9.58. The van der Waals surface area contributed by atoms with E-state index >= 15 is 0 Å². The van der Waals surface area contributed by atoms with Crippen molar-refractivity contribution in [2.75, 3.05) is 118 Å². The Bertz CT molecular complexity index is 1480. The Morgan fingerprint density at radius 1 is 0.415 bits per heavy atom. The lowest BCUT2D eigenvalue weighted by atomic mass is 10.0. The summed E-state index contributed by atoms with van der Waals surface area (Å²) in [6.45, 7) is 20.7. The second-order valence-electron chi connectivity index (χ2n) is 18.1. The average Bonchev–Trinajstić information content (AvgIpc) is 3.18. The zero-order chi connectivity index (χ0) is 50.1. The molecule has 24 heteroatoms. The summed E-state index contributed by atoms with van der Waals surface area (Å²) >= 11 is 0. The van der Waals surface area contributed by atoms with Crippen molar-refractivity contribution in [3.8, 4) is 0 Å². The van der Waals surface area contributed by atoms with E-state index in [-0.39, 0.29) is 70.0 Å². The first-order valence-corrected chi connectivity index (χ1v) is 24.8. The van der Waals surface area contributed by atoms with Gasteiger partial charge in [0.1, 0.15) is 24.2 Å². The Balaban J connectivity index is 0.000000665. The Morgan fingerprint density at radius 3 is 0.754 bits per heavy atom. The molecule has 0 amide bonds. The first-order chi connectivity index (χ1) is 29.9. The molecule has 0 aromatic heterocycles. The highest BCUT2D eigenvalue weighted by atomic mass is 31.2. The number of rotatable bonds is 16. The van der Waals surface area contributed by atoms with E-state index in [4.69, 9.17) is 15.3 Å². The molecule has 0 bridgehead atoms. The summed E-state index contributed by atoms with van der Waals surface area (Å²) in [6.07, 6.45) is 0.375. The van der Waals surface area contributed by atoms with E-state index in [0.29, 0.717) is 58.6 Å². The van der Waals surface area contributed by atoms with Crippen LogP contribution in [0.4, 0.5) is 0 Å². The van der Waals surface area contributed by atoms with Crippen LogP contribution in [0.25, 0.3) is 0 Å². The summed E-state index contributed by atoms with van der Waals surface area (Å²) in [5.41, 5.74) is 0. The van der Waals surface area contributed by atoms with Crippen molar-refractivity contribution in [3.63, 3.8) is 0 Å². The number of carbonyl (C=O) groups is 7. The Kier molecular flexibility index (Phi) is 25.3. The minimum absolute atomic E-state index is 0.157. The smallest absolute Gasteiger partial charge is 0.320 e. The largest absolute Gasteiger partial charge is 0.480 e. The number of aliphatic carboxylic acids is 7. The first kappa shape index (κ1) is 59.2. The number of hydrogen-bond acceptors (Lipinski definition) is 16. The van der Waals surface area contributed by atoms with Crippen LogP contribution in [0, 0.1) is 0 Å². The van der Waals surface area contributed by atoms with E-state index < -0.39 is 73.1 Å². The molecule has 0 saturated carbocycles. The van der Waals surface area contributed by atoms with Crippen LogP contribution in [0.15, 0.2) is 0 Å². The summed E-state index contributed by atoms with van der Waals surface area (Å²) in [6, 6.07) is -5.06. The van der Waals surface area contributed by atoms with Crippen LogP contribution in [0.5, 0.6) is 0 Å². The molecule has 376 valence electrons. The topological polar surface area (TPSA) is 304 Å². The normalized spacial score (nSPS) is 25.4. The van der Waals surface area contributed by atoms with Gasteiger partial charge in [0, 0.05) is 103 Å². The summed E-state index contributed by atoms with van der Waals surface area (Å²) < 4.78 is 12.3. The van der Waals surface area contributed by atoms with Gasteiger partial charge in [-0.25, -0.2) is 0 Å². The number of hydrogen-bond donors (Lipinski definition) is 7. The third kappa shape index (κ3) is 21.6. The number of carboxylic acid groups (broad SMARTS) is 7. The molecular formula is C41H77N8O15P. The van der Waals surface area contributed by atoms with Crippen LogP contribution in [0.1, 0.15) is 55.4 Å². The molecule has 8 atom stereocenters. The molecule has 0 aromatic rings. The lowest BCUT2D eigenvalue weighted by molar-refractivity contribution is -0.150. The van der Waals surface area contributed by atoms with Crippen molar-refractivity contribution in [3.05, 3.63) is 0 Å². The van der Waals surface area contributed by atoms with Gasteiger partial charge in [-0.3, -0.25) is 72.8 Å². The van der Waals surface area contributed by atoms with E-state index in [9.17, 15) is 58.6 Å². The minimum Gasteiger partial charge on any atom is -0.480 e. The van der Waals surface area contributed by atoms with Gasteiger partial charge in [0.15, 0.2) is 0 Å². The molecule has 0 radical (unpaired) electrons. The maximum atomic E-state index is 12.3. The average molecular weight is 953 g/mol. The fraction of sp³-hybridized carbons (Fsp3) is 0.829. The zero-order valence-electron chi connectivity index (χ0n) is 39.9. The molecule has 2 saturated heterocycles. The number of nitrogens with zero attached hydrogens (tertiary/aromatic N) is 8. The molecule has 23 nitrogen and oxygen atoms in total. The van der Waals surface area contributed by atoms with E-state index in [2.05, 4.69) is 0 Å². The molecule has 0 spiro atoms. The SMILES string of the molecule is CP(C)(=O)CN1CCN(CC(=O)O)CCN(CC(=O)O)CCN(CC(=O)O)CC1.C[C@H](C(=O)O)N1C[C@H](C)N([C@H](C)C(=O)O)C[C@H](C)N([C@H](C)C(=O)O)C[C@H](C)N([C@H](C)C(=O)O)C[C@@H]1C. The molecule has 65 heavy (non-hydrogen) atoms. The van der Waals surface area contributed by atoms with Crippen LogP contribution < -0.4 is 0 Å². The molecule has 2 aliphatic heterocycles. The fourth-order valence-electron chi connectivity index (χ4n) is 8.34. The molecule has 0 aliphatic carbocycles. The summed E-state index contributed by atoms with van der Waals surface area (Å²) in [4.78, 5) is 95.6. The quantitative estimate of drug-likeness (QED) is 0.0977. The highest BCUT2D eigenvalue weighted by Crippen LogP contribution is 2.36. The Hall–Kier alpha value is -3.80. The molecule has 2 fully saturated rings. The maximum Gasteiger partial charge on any atom is 0.320 e. The van der Waals surface area contributed by atoms with Gasteiger partial charge in [0.25, 0.3) is 0 Å². The van der Waals surface area contributed by atoms with Gasteiger partial charge in [-0.1, -0.05) is 0 Å². The van der Waals surface area contributed by atoms with Crippen molar-refractivity contribution in [2.24, 2.45) is 0 Å². The maximum absolute atomic E-state index is 12.3. The predicted octanol–water partition coefficient (Wildman–Crippen LogP) is -0.304. The monoisotopic (exact) mass is 953 g/mol. The summed E-state index contributed by atoms with van der Waals surface area (Å²) in [5.74, 6) is -7.02. The lowest BCUT2D eigenvalue weighted by Gasteiger charge is -2.46. The van der Waals surface area contributed by atoms with Gasteiger partial charge < -0.3 is 40.3 Å². The molecule has 0 aromatic carbocycles. The van der Waals surface area contributed by atoms with Crippen molar-refractivity contribution in [1.82, 2.24) is 39.2 Å². The third-order valence-corrected chi connectivity index (χ3v) is 13.2. The van der Waals surface area contributed by atoms with Gasteiger partial charge in [-0.15, -0.1) is 0 Å². The molecule has 2 heterocycles. The molecule has 2 aliphatic rings. The highest BCUT2D eigenvalue weighted by molar-refractivity contribution is 7.62. The standard InChI is InChI=1S/C24H44N4O8.C17H33N4O7P/c1-13-9-26(18(6)22(31)32)15(3)11-28(20(8)24(35)36)16(4)12-27(19(7)23(33)34)14(2)10-25(13)17(5)21(29)30;1-29(2,28)14-21-9-7-19(12-16(24)25)5-3-18(11-15(22)23)4-6-20(8-10-21)13-17(26)27/h13-20H,9-12H2,1-8H3,(H,29,30)(H,31,32)(H,33,34)(H,35,36);3-14H2,1-2H3,(H,22,23)(H,24,25)(H,26,27)/t13-,14-,15-,16-,17+,18+,19+,20+;/m0./s1. The van der Waals surface area contributed by atoms with E-state index in [1.54, 1.807) is 75.3 Å². The Labute approximate surface area is 382 Å². The van der Waals surface area contributed by atoms with Gasteiger partial charge >= 0.3 is 41.8 Å². The van der Waals surface area contributed by atoms with Gasteiger partial charge in [-0.05, 0) is 68.7 Å². The summed E-state index contributed by atoms with van der Waals surface area (Å²) in [5, 5.41) is 66.6. The molecule has 2 rings (SSSR count). The first-order valence-electron chi connectivity index (χ1n) is 22.0. The van der Waals surface area contributed by atoms with Crippen LogP contribution in [0.3, 0.4) is 0 Å². The van der Waals surface area contributed by atoms with Crippen LogP contribution in [0.2, 0.25) is 0 Å². The van der Waals surface area contributed by atoms with Crippen molar-refractivity contribution >= 4 is 48.9 Å². The van der Waals surface area contributed by atoms with Crippen LogP contribution in [-0.2, 0) is 38.1 Å². The number of carboxylic acids is 7. The van der Waals surface area contributed by atoms with Gasteiger partial charge in [0.05, 0.1) is 33.1 Å². The zero-order valence-corrected chi connectivity index (χ0v) is 40.7. The van der Waals surface area contributed by atoms with Gasteiger partial charge in [-0.2, -0.15) is 0 Å². The second-order valence-corrected chi connectivity index (χ2v) is 21.5. The third-order valence-electron chi connectivity index (χ3n) is 12.1. The minimum atomic E-state index is -2.35. The van der Waals surface area contributed by atoms with Crippen LogP contribution in [-0.4, -0.2) is 283 Å². The van der Waals surface area contributed by atoms with E-state index in [1.807, 2.05) is 32.6 Å². The predicted molar refractivity (Wildman–Crippen MR) is 241 cm³/mol.